The van der Waals surface area contributed by atoms with Crippen molar-refractivity contribution in [3.05, 3.63) is 53.8 Å². The van der Waals surface area contributed by atoms with Gasteiger partial charge in [-0.25, -0.2) is 13.6 Å². The van der Waals surface area contributed by atoms with Crippen molar-refractivity contribution in [2.24, 2.45) is 5.92 Å². The molecule has 0 aromatic heterocycles. The Morgan fingerprint density at radius 2 is 1.64 bits per heavy atom. The summed E-state index contributed by atoms with van der Waals surface area (Å²) in [5.74, 6) is -0.0878. The zero-order valence-corrected chi connectivity index (χ0v) is 21.9. The van der Waals surface area contributed by atoms with Gasteiger partial charge in [0, 0.05) is 0 Å². The molecule has 0 heterocycles. The molecule has 36 heavy (non-hydrogen) atoms. The number of rotatable bonds is 14. The van der Waals surface area contributed by atoms with E-state index >= 15 is 0 Å². The van der Waals surface area contributed by atoms with Crippen LogP contribution in [0.25, 0.3) is 11.1 Å². The molecule has 0 aliphatic heterocycles. The minimum Gasteiger partial charge on any atom is -0.491 e. The summed E-state index contributed by atoms with van der Waals surface area (Å²) < 4.78 is 39.3. The quantitative estimate of drug-likeness (QED) is 0.192. The third-order valence-corrected chi connectivity index (χ3v) is 7.21. The van der Waals surface area contributed by atoms with Crippen LogP contribution >= 0.6 is 0 Å². The average molecular weight is 501 g/mol. The third-order valence-electron chi connectivity index (χ3n) is 7.21. The van der Waals surface area contributed by atoms with Crippen LogP contribution in [-0.4, -0.2) is 24.9 Å². The van der Waals surface area contributed by atoms with E-state index in [9.17, 15) is 13.6 Å². The summed E-state index contributed by atoms with van der Waals surface area (Å²) in [5, 5.41) is 0. The molecule has 3 rings (SSSR count). The third kappa shape index (κ3) is 8.90. The Labute approximate surface area is 215 Å². The number of benzene rings is 2. The lowest BCUT2D eigenvalue weighted by Gasteiger charge is -2.28. The van der Waals surface area contributed by atoms with Crippen LogP contribution in [0.2, 0.25) is 0 Å². The van der Waals surface area contributed by atoms with Crippen LogP contribution in [0.15, 0.2) is 42.5 Å². The van der Waals surface area contributed by atoms with E-state index in [1.807, 2.05) is 25.1 Å². The number of esters is 1. The molecule has 0 N–H and O–H groups in total. The molecule has 1 fully saturated rings. The minimum atomic E-state index is -1.48. The summed E-state index contributed by atoms with van der Waals surface area (Å²) in [5.41, 5.74) is 3.10. The van der Waals surface area contributed by atoms with Crippen molar-refractivity contribution in [2.45, 2.75) is 103 Å². The summed E-state index contributed by atoms with van der Waals surface area (Å²) in [6.45, 7) is 4.66. The lowest BCUT2D eigenvalue weighted by molar-refractivity contribution is -0.157. The van der Waals surface area contributed by atoms with Gasteiger partial charge in [0.2, 0.25) is 0 Å². The van der Waals surface area contributed by atoms with Crippen LogP contribution in [0, 0.1) is 11.7 Å². The first-order valence-electron chi connectivity index (χ1n) is 13.9. The molecule has 0 bridgehead atoms. The molecule has 198 valence electrons. The fourth-order valence-corrected chi connectivity index (χ4v) is 4.84. The molecule has 1 aliphatic carbocycles. The second-order valence-corrected chi connectivity index (χ2v) is 10.1. The van der Waals surface area contributed by atoms with E-state index < -0.39 is 12.1 Å². The van der Waals surface area contributed by atoms with Crippen LogP contribution in [0.3, 0.4) is 0 Å². The van der Waals surface area contributed by atoms with Crippen molar-refractivity contribution < 1.29 is 23.0 Å². The van der Waals surface area contributed by atoms with E-state index in [-0.39, 0.29) is 18.3 Å². The van der Waals surface area contributed by atoms with E-state index in [0.29, 0.717) is 24.7 Å². The predicted molar refractivity (Wildman–Crippen MR) is 141 cm³/mol. The summed E-state index contributed by atoms with van der Waals surface area (Å²) in [7, 11) is 0. The van der Waals surface area contributed by atoms with Crippen molar-refractivity contribution in [3.8, 4) is 16.9 Å². The standard InChI is InChI=1S/C31H42F2O3/c1-3-5-7-21-35-30-20-17-26(22-29(30)33)25-15-11-23(12-16-25)9-10-24-13-18-27(19-14-24)36-31(34)28(32)8-6-4-2/h11-12,15-17,20,22,24,27-28H,3-10,13-14,18-19,21H2,1-2H3/t24?,27?,28-/m0/s1. The van der Waals surface area contributed by atoms with E-state index in [4.69, 9.17) is 9.47 Å². The van der Waals surface area contributed by atoms with Crippen molar-refractivity contribution in [1.82, 2.24) is 0 Å². The Kier molecular flexibility index (Phi) is 11.7. The Balaban J connectivity index is 1.41. The Morgan fingerprint density at radius 3 is 2.31 bits per heavy atom. The van der Waals surface area contributed by atoms with Crippen LogP contribution in [0.5, 0.6) is 5.75 Å². The number of alkyl halides is 1. The summed E-state index contributed by atoms with van der Waals surface area (Å²) >= 11 is 0. The molecule has 3 nitrogen and oxygen atoms in total. The van der Waals surface area contributed by atoms with Gasteiger partial charge in [0.05, 0.1) is 6.61 Å². The number of hydrogen-bond donors (Lipinski definition) is 0. The summed E-state index contributed by atoms with van der Waals surface area (Å²) in [6.07, 6.45) is 9.08. The molecule has 2 aromatic rings. The van der Waals surface area contributed by atoms with Crippen LogP contribution < -0.4 is 4.74 Å². The molecule has 0 radical (unpaired) electrons. The number of carbonyl (C=O) groups excluding carboxylic acids is 1. The van der Waals surface area contributed by atoms with Crippen LogP contribution in [-0.2, 0) is 16.0 Å². The van der Waals surface area contributed by atoms with Crippen molar-refractivity contribution >= 4 is 5.97 Å². The lowest BCUT2D eigenvalue weighted by atomic mass is 9.83. The second kappa shape index (κ2) is 15.0. The Bertz CT molecular complexity index is 920. The SMILES string of the molecule is CCCCCOc1ccc(-c2ccc(CCC3CCC(OC(=O)[C@@H](F)CCCC)CC3)cc2)cc1F. The van der Waals surface area contributed by atoms with Gasteiger partial charge < -0.3 is 9.47 Å². The monoisotopic (exact) mass is 500 g/mol. The van der Waals surface area contributed by atoms with Crippen molar-refractivity contribution in [3.63, 3.8) is 0 Å². The highest BCUT2D eigenvalue weighted by Crippen LogP contribution is 2.31. The van der Waals surface area contributed by atoms with E-state index in [1.165, 1.54) is 5.56 Å². The van der Waals surface area contributed by atoms with Gasteiger partial charge in [-0.1, -0.05) is 69.9 Å². The van der Waals surface area contributed by atoms with E-state index in [2.05, 4.69) is 19.1 Å². The molecule has 1 saturated carbocycles. The zero-order chi connectivity index (χ0) is 25.8. The summed E-state index contributed by atoms with van der Waals surface area (Å²) in [4.78, 5) is 11.9. The zero-order valence-electron chi connectivity index (χ0n) is 21.9. The second-order valence-electron chi connectivity index (χ2n) is 10.1. The van der Waals surface area contributed by atoms with Gasteiger partial charge in [-0.3, -0.25) is 0 Å². The Hall–Kier alpha value is -2.43. The summed E-state index contributed by atoms with van der Waals surface area (Å²) in [6, 6.07) is 13.5. The van der Waals surface area contributed by atoms with Crippen LogP contribution in [0.1, 0.15) is 90.0 Å². The maximum atomic E-state index is 14.5. The largest absolute Gasteiger partial charge is 0.491 e. The van der Waals surface area contributed by atoms with Crippen molar-refractivity contribution in [1.29, 1.82) is 0 Å². The van der Waals surface area contributed by atoms with Gasteiger partial charge in [-0.15, -0.1) is 0 Å². The molecule has 0 amide bonds. The maximum absolute atomic E-state index is 14.5. The van der Waals surface area contributed by atoms with Gasteiger partial charge in [0.15, 0.2) is 17.7 Å². The van der Waals surface area contributed by atoms with Gasteiger partial charge >= 0.3 is 5.97 Å². The van der Waals surface area contributed by atoms with Crippen LogP contribution in [0.4, 0.5) is 8.78 Å². The van der Waals surface area contributed by atoms with Gasteiger partial charge in [0.1, 0.15) is 6.10 Å². The number of carbonyl (C=O) groups is 1. The molecule has 5 heteroatoms. The predicted octanol–water partition coefficient (Wildman–Crippen LogP) is 8.62. The maximum Gasteiger partial charge on any atom is 0.340 e. The first-order chi connectivity index (χ1) is 17.5. The minimum absolute atomic E-state index is 0.138. The number of ether oxygens (including phenoxy) is 2. The number of halogens is 2. The molecule has 0 unspecified atom stereocenters. The van der Waals surface area contributed by atoms with Gasteiger partial charge in [0.25, 0.3) is 0 Å². The number of hydrogen-bond acceptors (Lipinski definition) is 3. The highest BCUT2D eigenvalue weighted by molar-refractivity contribution is 5.74. The smallest absolute Gasteiger partial charge is 0.340 e. The topological polar surface area (TPSA) is 35.5 Å². The Morgan fingerprint density at radius 1 is 0.944 bits per heavy atom. The van der Waals surface area contributed by atoms with Gasteiger partial charge in [-0.05, 0) is 86.1 Å². The van der Waals surface area contributed by atoms with Crippen molar-refractivity contribution in [2.75, 3.05) is 6.61 Å². The molecular weight excluding hydrogens is 458 g/mol. The fourth-order valence-electron chi connectivity index (χ4n) is 4.84. The average Bonchev–Trinajstić information content (AvgIpc) is 2.90. The highest BCUT2D eigenvalue weighted by Gasteiger charge is 2.27. The first-order valence-corrected chi connectivity index (χ1v) is 13.9. The molecule has 0 saturated heterocycles. The van der Waals surface area contributed by atoms with E-state index in [1.54, 1.807) is 12.1 Å². The molecule has 2 aromatic carbocycles. The first kappa shape index (κ1) is 28.1. The lowest BCUT2D eigenvalue weighted by Crippen LogP contribution is -2.29. The molecular formula is C31H42F2O3. The highest BCUT2D eigenvalue weighted by atomic mass is 19.1. The van der Waals surface area contributed by atoms with Gasteiger partial charge in [-0.2, -0.15) is 0 Å². The molecule has 0 spiro atoms. The fraction of sp³-hybridized carbons (Fsp3) is 0.581. The molecule has 1 atom stereocenters. The number of unbranched alkanes of at least 4 members (excludes halogenated alkanes) is 3. The molecule has 1 aliphatic rings. The normalized spacial score (nSPS) is 18.6. The number of aryl methyl sites for hydroxylation is 1. The van der Waals surface area contributed by atoms with E-state index in [0.717, 1.165) is 75.3 Å².